The number of halogens is 3. The third-order valence-corrected chi connectivity index (χ3v) is 3.33. The predicted octanol–water partition coefficient (Wildman–Crippen LogP) is 3.08. The topological polar surface area (TPSA) is 33.7 Å². The van der Waals surface area contributed by atoms with Gasteiger partial charge in [-0.2, -0.15) is 0 Å². The van der Waals surface area contributed by atoms with Crippen LogP contribution in [0.25, 0.3) is 0 Å². The van der Waals surface area contributed by atoms with E-state index < -0.39 is 6.36 Å². The van der Waals surface area contributed by atoms with Gasteiger partial charge < -0.3 is 9.47 Å². The lowest BCUT2D eigenvalue weighted by Crippen LogP contribution is -2.41. The lowest BCUT2D eigenvalue weighted by atomic mass is 10.1. The first-order chi connectivity index (χ1) is 9.98. The number of methoxy groups -OCH3 is 1. The standard InChI is InChI=1S/C14H19F3N2O2/c1-20-13-6-5-12(21-14(15,16)17)9-11(13)10-18-19-7-3-2-4-8-19/h5-6,9,18H,2-4,7-8,10H2,1H3. The molecule has 0 radical (unpaired) electrons. The van der Waals surface area contributed by atoms with Crippen LogP contribution in [0.1, 0.15) is 24.8 Å². The molecule has 1 saturated heterocycles. The first-order valence-corrected chi connectivity index (χ1v) is 6.89. The molecule has 1 aromatic rings. The zero-order chi connectivity index (χ0) is 15.3. The zero-order valence-electron chi connectivity index (χ0n) is 11.9. The fraction of sp³-hybridized carbons (Fsp3) is 0.571. The minimum Gasteiger partial charge on any atom is -0.496 e. The highest BCUT2D eigenvalue weighted by Crippen LogP contribution is 2.28. The number of nitrogens with zero attached hydrogens (tertiary/aromatic N) is 1. The molecule has 1 aromatic carbocycles. The van der Waals surface area contributed by atoms with Crippen LogP contribution in [0.3, 0.4) is 0 Å². The summed E-state index contributed by atoms with van der Waals surface area (Å²) in [6, 6.07) is 4.08. The van der Waals surface area contributed by atoms with E-state index in [9.17, 15) is 13.2 Å². The minimum atomic E-state index is -4.69. The lowest BCUT2D eigenvalue weighted by Gasteiger charge is -2.27. The average molecular weight is 304 g/mol. The predicted molar refractivity (Wildman–Crippen MR) is 71.9 cm³/mol. The van der Waals surface area contributed by atoms with Crippen LogP contribution in [0.5, 0.6) is 11.5 Å². The summed E-state index contributed by atoms with van der Waals surface area (Å²) < 4.78 is 45.9. The van der Waals surface area contributed by atoms with E-state index in [2.05, 4.69) is 15.2 Å². The second-order valence-electron chi connectivity index (χ2n) is 4.90. The first-order valence-electron chi connectivity index (χ1n) is 6.89. The van der Waals surface area contributed by atoms with Crippen molar-refractivity contribution in [2.45, 2.75) is 32.2 Å². The maximum atomic E-state index is 12.3. The third-order valence-electron chi connectivity index (χ3n) is 3.33. The van der Waals surface area contributed by atoms with Crippen LogP contribution in [-0.4, -0.2) is 31.6 Å². The highest BCUT2D eigenvalue weighted by Gasteiger charge is 2.31. The van der Waals surface area contributed by atoms with Gasteiger partial charge in [-0.3, -0.25) is 5.43 Å². The number of hydrogen-bond acceptors (Lipinski definition) is 4. The van der Waals surface area contributed by atoms with Crippen LogP contribution in [0.2, 0.25) is 0 Å². The van der Waals surface area contributed by atoms with Crippen molar-refractivity contribution in [2.75, 3.05) is 20.2 Å². The summed E-state index contributed by atoms with van der Waals surface area (Å²) in [7, 11) is 1.49. The molecule has 1 N–H and O–H groups in total. The molecule has 0 amide bonds. The molecule has 1 aliphatic rings. The quantitative estimate of drug-likeness (QED) is 0.906. The van der Waals surface area contributed by atoms with Gasteiger partial charge in [-0.05, 0) is 31.0 Å². The van der Waals surface area contributed by atoms with Crippen molar-refractivity contribution >= 4 is 0 Å². The fourth-order valence-corrected chi connectivity index (χ4v) is 2.34. The van der Waals surface area contributed by atoms with Gasteiger partial charge in [0.25, 0.3) is 0 Å². The number of ether oxygens (including phenoxy) is 2. The summed E-state index contributed by atoms with van der Waals surface area (Å²) in [4.78, 5) is 0. The number of rotatable bonds is 5. The Morgan fingerprint density at radius 2 is 1.90 bits per heavy atom. The summed E-state index contributed by atoms with van der Waals surface area (Å²) >= 11 is 0. The zero-order valence-corrected chi connectivity index (χ0v) is 11.9. The van der Waals surface area contributed by atoms with Crippen LogP contribution in [0.15, 0.2) is 18.2 Å². The van der Waals surface area contributed by atoms with Crippen molar-refractivity contribution in [3.05, 3.63) is 23.8 Å². The minimum absolute atomic E-state index is 0.237. The number of nitrogens with one attached hydrogen (secondary N) is 1. The number of benzene rings is 1. The number of hydrogen-bond donors (Lipinski definition) is 1. The Bertz CT molecular complexity index is 460. The molecule has 0 aromatic heterocycles. The maximum absolute atomic E-state index is 12.3. The Hall–Kier alpha value is -1.47. The number of piperidine rings is 1. The molecule has 21 heavy (non-hydrogen) atoms. The van der Waals surface area contributed by atoms with E-state index in [1.165, 1.54) is 31.7 Å². The molecule has 0 aliphatic carbocycles. The molecule has 0 unspecified atom stereocenters. The molecule has 0 bridgehead atoms. The molecule has 7 heteroatoms. The Kier molecular flexibility index (Phi) is 5.30. The molecule has 2 rings (SSSR count). The SMILES string of the molecule is COc1ccc(OC(F)(F)F)cc1CNN1CCCCC1. The molecule has 1 aliphatic heterocycles. The molecular weight excluding hydrogens is 285 g/mol. The van der Waals surface area contributed by atoms with Crippen molar-refractivity contribution in [1.82, 2.24) is 10.4 Å². The van der Waals surface area contributed by atoms with E-state index in [-0.39, 0.29) is 5.75 Å². The Morgan fingerprint density at radius 1 is 1.19 bits per heavy atom. The van der Waals surface area contributed by atoms with Crippen molar-refractivity contribution < 1.29 is 22.6 Å². The van der Waals surface area contributed by atoms with E-state index in [0.717, 1.165) is 25.9 Å². The van der Waals surface area contributed by atoms with Crippen molar-refractivity contribution in [2.24, 2.45) is 0 Å². The normalized spacial score (nSPS) is 16.8. The van der Waals surface area contributed by atoms with Gasteiger partial charge in [0.15, 0.2) is 0 Å². The summed E-state index contributed by atoms with van der Waals surface area (Å²) in [6.45, 7) is 2.29. The van der Waals surface area contributed by atoms with E-state index in [1.807, 2.05) is 0 Å². The first kappa shape index (κ1) is 15.9. The van der Waals surface area contributed by atoms with Crippen molar-refractivity contribution in [3.63, 3.8) is 0 Å². The molecule has 4 nitrogen and oxygen atoms in total. The van der Waals surface area contributed by atoms with Gasteiger partial charge in [-0.1, -0.05) is 6.42 Å². The Labute approximate surface area is 121 Å². The molecular formula is C14H19F3N2O2. The largest absolute Gasteiger partial charge is 0.573 e. The second-order valence-corrected chi connectivity index (χ2v) is 4.90. The third kappa shape index (κ3) is 5.09. The van der Waals surface area contributed by atoms with Gasteiger partial charge in [-0.15, -0.1) is 13.2 Å². The van der Waals surface area contributed by atoms with Crippen LogP contribution in [0.4, 0.5) is 13.2 Å². The molecule has 1 fully saturated rings. The van der Waals surface area contributed by atoms with Gasteiger partial charge in [0.1, 0.15) is 11.5 Å². The van der Waals surface area contributed by atoms with Gasteiger partial charge in [0.2, 0.25) is 0 Å². The fourth-order valence-electron chi connectivity index (χ4n) is 2.34. The van der Waals surface area contributed by atoms with Gasteiger partial charge >= 0.3 is 6.36 Å². The highest BCUT2D eigenvalue weighted by atomic mass is 19.4. The van der Waals surface area contributed by atoms with Crippen LogP contribution < -0.4 is 14.9 Å². The Morgan fingerprint density at radius 3 is 2.52 bits per heavy atom. The number of hydrazine groups is 1. The average Bonchev–Trinajstić information content (AvgIpc) is 2.45. The lowest BCUT2D eigenvalue weighted by molar-refractivity contribution is -0.274. The molecule has 0 atom stereocenters. The number of alkyl halides is 3. The molecule has 0 spiro atoms. The van der Waals surface area contributed by atoms with Crippen LogP contribution in [0, 0.1) is 0 Å². The van der Waals surface area contributed by atoms with E-state index in [4.69, 9.17) is 4.74 Å². The van der Waals surface area contributed by atoms with Gasteiger partial charge in [-0.25, -0.2) is 5.01 Å². The van der Waals surface area contributed by atoms with Crippen LogP contribution >= 0.6 is 0 Å². The summed E-state index contributed by atoms with van der Waals surface area (Å²) in [5.41, 5.74) is 3.85. The molecule has 0 saturated carbocycles. The van der Waals surface area contributed by atoms with E-state index >= 15 is 0 Å². The van der Waals surface area contributed by atoms with Crippen LogP contribution in [-0.2, 0) is 6.54 Å². The smallest absolute Gasteiger partial charge is 0.496 e. The van der Waals surface area contributed by atoms with Gasteiger partial charge in [0.05, 0.1) is 7.11 Å². The van der Waals surface area contributed by atoms with Crippen molar-refractivity contribution in [3.8, 4) is 11.5 Å². The second kappa shape index (κ2) is 7.00. The highest BCUT2D eigenvalue weighted by molar-refractivity contribution is 5.40. The van der Waals surface area contributed by atoms with E-state index in [1.54, 1.807) is 0 Å². The molecule has 1 heterocycles. The summed E-state index contributed by atoms with van der Waals surface area (Å²) in [6.07, 6.45) is -1.22. The molecule has 118 valence electrons. The van der Waals surface area contributed by atoms with Crippen molar-refractivity contribution in [1.29, 1.82) is 0 Å². The van der Waals surface area contributed by atoms with E-state index in [0.29, 0.717) is 17.9 Å². The monoisotopic (exact) mass is 304 g/mol. The maximum Gasteiger partial charge on any atom is 0.573 e. The van der Waals surface area contributed by atoms with Gasteiger partial charge in [0, 0.05) is 25.2 Å². The summed E-state index contributed by atoms with van der Waals surface area (Å²) in [5, 5.41) is 2.08. The summed E-state index contributed by atoms with van der Waals surface area (Å²) in [5.74, 6) is 0.299. The Balaban J connectivity index is 2.02.